The van der Waals surface area contributed by atoms with E-state index in [1.807, 2.05) is 37.3 Å². The maximum atomic E-state index is 6.55. The SMILES string of the molecule is COc1c(CCNc2ncnc3[nH]cnc23)cc(Cl)c(C)c1-c1cccc(Cl)c1. The minimum absolute atomic E-state index is 0.629. The number of rotatable bonds is 6. The van der Waals surface area contributed by atoms with Crippen molar-refractivity contribution in [1.29, 1.82) is 0 Å². The topological polar surface area (TPSA) is 75.7 Å². The largest absolute Gasteiger partial charge is 0.496 e. The monoisotopic (exact) mass is 427 g/mol. The Morgan fingerprint density at radius 1 is 1.14 bits per heavy atom. The fraction of sp³-hybridized carbons (Fsp3) is 0.190. The lowest BCUT2D eigenvalue weighted by Crippen LogP contribution is -2.09. The molecule has 0 bridgehead atoms. The summed E-state index contributed by atoms with van der Waals surface area (Å²) in [5.41, 5.74) is 5.28. The molecule has 0 atom stereocenters. The summed E-state index contributed by atoms with van der Waals surface area (Å²) in [4.78, 5) is 15.7. The third-order valence-electron chi connectivity index (χ3n) is 4.77. The highest BCUT2D eigenvalue weighted by Gasteiger charge is 2.17. The van der Waals surface area contributed by atoms with Crippen molar-refractivity contribution >= 4 is 40.2 Å². The van der Waals surface area contributed by atoms with Crippen molar-refractivity contribution in [3.63, 3.8) is 0 Å². The van der Waals surface area contributed by atoms with Crippen LogP contribution in [0.4, 0.5) is 5.82 Å². The summed E-state index contributed by atoms with van der Waals surface area (Å²) >= 11 is 12.8. The Morgan fingerprint density at radius 3 is 2.79 bits per heavy atom. The molecule has 0 spiro atoms. The van der Waals surface area contributed by atoms with Crippen LogP contribution in [0.15, 0.2) is 43.0 Å². The molecule has 0 radical (unpaired) electrons. The van der Waals surface area contributed by atoms with Gasteiger partial charge in [0.15, 0.2) is 11.5 Å². The Bertz CT molecular complexity index is 1180. The van der Waals surface area contributed by atoms with E-state index in [9.17, 15) is 0 Å². The third-order valence-corrected chi connectivity index (χ3v) is 5.40. The molecule has 4 rings (SSSR count). The summed E-state index contributed by atoms with van der Waals surface area (Å²) in [6, 6.07) is 9.64. The lowest BCUT2D eigenvalue weighted by molar-refractivity contribution is 0.411. The summed E-state index contributed by atoms with van der Waals surface area (Å²) in [5.74, 6) is 1.48. The van der Waals surface area contributed by atoms with Crippen molar-refractivity contribution in [2.45, 2.75) is 13.3 Å². The first kappa shape index (κ1) is 19.5. The Morgan fingerprint density at radius 2 is 2.00 bits per heavy atom. The number of aromatic amines is 1. The van der Waals surface area contributed by atoms with Crippen LogP contribution in [0.2, 0.25) is 10.0 Å². The third kappa shape index (κ3) is 3.86. The Hall–Kier alpha value is -2.83. The van der Waals surface area contributed by atoms with Gasteiger partial charge in [-0.25, -0.2) is 15.0 Å². The van der Waals surface area contributed by atoms with Crippen LogP contribution in [0.5, 0.6) is 5.75 Å². The number of aromatic nitrogens is 4. The first-order chi connectivity index (χ1) is 14.1. The lowest BCUT2D eigenvalue weighted by atomic mass is 9.95. The number of benzene rings is 2. The Balaban J connectivity index is 1.64. The van der Waals surface area contributed by atoms with Crippen LogP contribution in [0.25, 0.3) is 22.3 Å². The molecule has 0 fully saturated rings. The molecule has 0 amide bonds. The van der Waals surface area contributed by atoms with E-state index in [1.165, 1.54) is 6.33 Å². The molecule has 0 saturated carbocycles. The average molecular weight is 428 g/mol. The molecular formula is C21H19Cl2N5O. The second kappa shape index (κ2) is 8.27. The average Bonchev–Trinajstić information content (AvgIpc) is 3.20. The van der Waals surface area contributed by atoms with E-state index >= 15 is 0 Å². The molecule has 0 aliphatic heterocycles. The lowest BCUT2D eigenvalue weighted by Gasteiger charge is -2.18. The van der Waals surface area contributed by atoms with Gasteiger partial charge in [-0.15, -0.1) is 0 Å². The maximum Gasteiger partial charge on any atom is 0.162 e. The van der Waals surface area contributed by atoms with Crippen molar-refractivity contribution in [1.82, 2.24) is 19.9 Å². The number of fused-ring (bicyclic) bond motifs is 1. The van der Waals surface area contributed by atoms with Crippen LogP contribution in [-0.2, 0) is 6.42 Å². The van der Waals surface area contributed by atoms with Gasteiger partial charge in [0.05, 0.1) is 13.4 Å². The number of hydrogen-bond acceptors (Lipinski definition) is 5. The summed E-state index contributed by atoms with van der Waals surface area (Å²) in [6.07, 6.45) is 3.79. The number of hydrogen-bond donors (Lipinski definition) is 2. The molecule has 29 heavy (non-hydrogen) atoms. The molecule has 0 unspecified atom stereocenters. The smallest absolute Gasteiger partial charge is 0.162 e. The van der Waals surface area contributed by atoms with Gasteiger partial charge in [0.25, 0.3) is 0 Å². The molecule has 6 nitrogen and oxygen atoms in total. The Kier molecular flexibility index (Phi) is 5.56. The van der Waals surface area contributed by atoms with E-state index < -0.39 is 0 Å². The van der Waals surface area contributed by atoms with Crippen molar-refractivity contribution in [3.8, 4) is 16.9 Å². The molecule has 4 aromatic rings. The molecule has 0 aliphatic carbocycles. The highest BCUT2D eigenvalue weighted by atomic mass is 35.5. The van der Waals surface area contributed by atoms with Crippen LogP contribution < -0.4 is 10.1 Å². The molecule has 0 saturated heterocycles. The van der Waals surface area contributed by atoms with Crippen LogP contribution in [0.3, 0.4) is 0 Å². The molecule has 0 aliphatic rings. The van der Waals surface area contributed by atoms with Gasteiger partial charge in [-0.3, -0.25) is 0 Å². The zero-order valence-corrected chi connectivity index (χ0v) is 17.5. The number of nitrogens with one attached hydrogen (secondary N) is 2. The molecule has 148 valence electrons. The standard InChI is InChI=1S/C21H19Cl2N5O/c1-12-16(23)9-14(19(29-2)17(12)13-4-3-5-15(22)8-13)6-7-24-20-18-21(26-10-25-18)28-11-27-20/h3-5,8-11H,6-7H2,1-2H3,(H2,24,25,26,27,28). The normalized spacial score (nSPS) is 11.0. The first-order valence-electron chi connectivity index (χ1n) is 9.08. The van der Waals surface area contributed by atoms with Gasteiger partial charge in [-0.05, 0) is 48.2 Å². The second-order valence-corrected chi connectivity index (χ2v) is 7.40. The van der Waals surface area contributed by atoms with Crippen LogP contribution in [0, 0.1) is 6.92 Å². The van der Waals surface area contributed by atoms with Gasteiger partial charge in [-0.2, -0.15) is 0 Å². The van der Waals surface area contributed by atoms with E-state index in [-0.39, 0.29) is 0 Å². The van der Waals surface area contributed by atoms with Crippen LogP contribution in [-0.4, -0.2) is 33.6 Å². The molecule has 2 aromatic carbocycles. The molecular weight excluding hydrogens is 409 g/mol. The number of nitrogens with zero attached hydrogens (tertiary/aromatic N) is 3. The number of halogens is 2. The van der Waals surface area contributed by atoms with E-state index in [0.29, 0.717) is 40.0 Å². The number of ether oxygens (including phenoxy) is 1. The molecule has 2 N–H and O–H groups in total. The van der Waals surface area contributed by atoms with Crippen molar-refractivity contribution in [2.75, 3.05) is 19.0 Å². The zero-order valence-electron chi connectivity index (χ0n) is 16.0. The predicted molar refractivity (Wildman–Crippen MR) is 117 cm³/mol. The molecule has 2 heterocycles. The van der Waals surface area contributed by atoms with Gasteiger partial charge in [-0.1, -0.05) is 35.3 Å². The number of imidazole rings is 1. The molecule has 8 heteroatoms. The van der Waals surface area contributed by atoms with Gasteiger partial charge in [0, 0.05) is 22.2 Å². The van der Waals surface area contributed by atoms with Gasteiger partial charge >= 0.3 is 0 Å². The summed E-state index contributed by atoms with van der Waals surface area (Å²) in [6.45, 7) is 2.61. The van der Waals surface area contributed by atoms with E-state index in [1.54, 1.807) is 13.4 Å². The predicted octanol–water partition coefficient (Wildman–Crippen LogP) is 5.30. The number of methoxy groups -OCH3 is 1. The Labute approximate surface area is 178 Å². The molecule has 2 aromatic heterocycles. The fourth-order valence-electron chi connectivity index (χ4n) is 3.40. The zero-order chi connectivity index (χ0) is 20.4. The number of anilines is 1. The fourth-order valence-corrected chi connectivity index (χ4v) is 3.81. The van der Waals surface area contributed by atoms with Gasteiger partial charge < -0.3 is 15.0 Å². The summed E-state index contributed by atoms with van der Waals surface area (Å²) in [5, 5.41) is 4.68. The minimum atomic E-state index is 0.629. The summed E-state index contributed by atoms with van der Waals surface area (Å²) < 4.78 is 5.79. The first-order valence-corrected chi connectivity index (χ1v) is 9.84. The highest BCUT2D eigenvalue weighted by molar-refractivity contribution is 6.32. The van der Waals surface area contributed by atoms with Crippen molar-refractivity contribution in [2.24, 2.45) is 0 Å². The van der Waals surface area contributed by atoms with Crippen LogP contribution in [0.1, 0.15) is 11.1 Å². The van der Waals surface area contributed by atoms with Crippen molar-refractivity contribution < 1.29 is 4.74 Å². The minimum Gasteiger partial charge on any atom is -0.496 e. The number of H-pyrrole nitrogens is 1. The summed E-state index contributed by atoms with van der Waals surface area (Å²) in [7, 11) is 1.67. The highest BCUT2D eigenvalue weighted by Crippen LogP contribution is 2.40. The maximum absolute atomic E-state index is 6.55. The van der Waals surface area contributed by atoms with Gasteiger partial charge in [0.2, 0.25) is 0 Å². The van der Waals surface area contributed by atoms with E-state index in [0.717, 1.165) is 28.0 Å². The van der Waals surface area contributed by atoms with Crippen molar-refractivity contribution in [3.05, 3.63) is 64.2 Å². The van der Waals surface area contributed by atoms with Gasteiger partial charge in [0.1, 0.15) is 17.6 Å². The van der Waals surface area contributed by atoms with Crippen LogP contribution >= 0.6 is 23.2 Å². The quantitative estimate of drug-likeness (QED) is 0.436. The second-order valence-electron chi connectivity index (χ2n) is 6.56. The van der Waals surface area contributed by atoms with E-state index in [2.05, 4.69) is 25.3 Å². The van der Waals surface area contributed by atoms with E-state index in [4.69, 9.17) is 27.9 Å².